The van der Waals surface area contributed by atoms with Gasteiger partial charge in [-0.25, -0.2) is 0 Å². The minimum Gasteiger partial charge on any atom is -0.496 e. The maximum Gasteiger partial charge on any atom is 0.128 e. The number of hydrogen-bond donors (Lipinski definition) is 2. The molecule has 2 aromatic carbocycles. The lowest BCUT2D eigenvalue weighted by molar-refractivity contribution is 0.273. The average molecular weight is 455 g/mol. The molecule has 2 aromatic rings. The third-order valence-electron chi connectivity index (χ3n) is 7.15. The number of hydrogen-bond acceptors (Lipinski definition) is 6. The molecule has 4 rings (SSSR count). The first-order chi connectivity index (χ1) is 16.2. The predicted molar refractivity (Wildman–Crippen MR) is 133 cm³/mol. The first-order valence-electron chi connectivity index (χ1n) is 12.3. The van der Waals surface area contributed by atoms with Crippen molar-refractivity contribution in [1.29, 1.82) is 0 Å². The highest BCUT2D eigenvalue weighted by atomic mass is 16.5. The zero-order valence-electron chi connectivity index (χ0n) is 20.1. The van der Waals surface area contributed by atoms with Gasteiger partial charge in [-0.15, -0.1) is 0 Å². The van der Waals surface area contributed by atoms with Crippen LogP contribution in [0.2, 0.25) is 0 Å². The van der Waals surface area contributed by atoms with E-state index in [2.05, 4.69) is 34.1 Å². The molecule has 2 fully saturated rings. The summed E-state index contributed by atoms with van der Waals surface area (Å²) in [4.78, 5) is 4.75. The summed E-state index contributed by atoms with van der Waals surface area (Å²) in [5.74, 6) is 1.56. The minimum atomic E-state index is -0.0689. The molecule has 6 heteroatoms. The largest absolute Gasteiger partial charge is 0.496 e. The fourth-order valence-corrected chi connectivity index (χ4v) is 5.28. The molecule has 2 aliphatic heterocycles. The Labute approximate surface area is 197 Å². The Kier molecular flexibility index (Phi) is 7.99. The van der Waals surface area contributed by atoms with E-state index in [4.69, 9.17) is 9.47 Å². The highest BCUT2D eigenvalue weighted by Gasteiger charge is 2.22. The van der Waals surface area contributed by atoms with Gasteiger partial charge in [0.25, 0.3) is 0 Å². The molecule has 0 spiro atoms. The number of rotatable bonds is 8. The quantitative estimate of drug-likeness (QED) is 0.621. The molecule has 2 heterocycles. The van der Waals surface area contributed by atoms with Crippen molar-refractivity contribution in [3.8, 4) is 11.5 Å². The van der Waals surface area contributed by atoms with Gasteiger partial charge in [-0.1, -0.05) is 0 Å². The van der Waals surface area contributed by atoms with Crippen LogP contribution >= 0.6 is 0 Å². The Balaban J connectivity index is 1.71. The van der Waals surface area contributed by atoms with Crippen molar-refractivity contribution < 1.29 is 19.7 Å². The van der Waals surface area contributed by atoms with E-state index >= 15 is 0 Å². The van der Waals surface area contributed by atoms with Crippen molar-refractivity contribution in [3.05, 3.63) is 46.5 Å². The Bertz CT molecular complexity index is 808. The Hall–Kier alpha value is -2.44. The van der Waals surface area contributed by atoms with Gasteiger partial charge in [0.15, 0.2) is 0 Å². The van der Waals surface area contributed by atoms with E-state index < -0.39 is 0 Å². The number of benzene rings is 2. The molecular formula is C27H38N2O4. The highest BCUT2D eigenvalue weighted by Crippen LogP contribution is 2.38. The van der Waals surface area contributed by atoms with E-state index in [1.165, 1.54) is 38.5 Å². The standard InChI is InChI=1S/C27H38N2O4/c1-32-26-15-23(29-11-7-4-8-12-29)16-27(33-2)25(26)17-24-20(18-30)13-22(14-21(24)19-31)28-9-5-3-6-10-28/h13-16,30-31H,3-12,17-19H2,1-2H3. The van der Waals surface area contributed by atoms with Crippen LogP contribution in [0.5, 0.6) is 11.5 Å². The molecule has 0 aromatic heterocycles. The summed E-state index contributed by atoms with van der Waals surface area (Å²) in [5.41, 5.74) is 5.81. The molecule has 33 heavy (non-hydrogen) atoms. The third kappa shape index (κ3) is 5.22. The molecule has 180 valence electrons. The zero-order valence-corrected chi connectivity index (χ0v) is 20.1. The van der Waals surface area contributed by atoms with Gasteiger partial charge >= 0.3 is 0 Å². The van der Waals surface area contributed by atoms with Crippen LogP contribution in [0.1, 0.15) is 60.8 Å². The van der Waals surface area contributed by atoms with Crippen LogP contribution in [0.4, 0.5) is 11.4 Å². The lowest BCUT2D eigenvalue weighted by Crippen LogP contribution is -2.29. The Morgan fingerprint density at radius 1 is 0.636 bits per heavy atom. The van der Waals surface area contributed by atoms with Crippen molar-refractivity contribution in [3.63, 3.8) is 0 Å². The van der Waals surface area contributed by atoms with Crippen LogP contribution in [-0.4, -0.2) is 50.6 Å². The number of piperidine rings is 2. The van der Waals surface area contributed by atoms with Crippen LogP contribution in [0.3, 0.4) is 0 Å². The van der Waals surface area contributed by atoms with Crippen LogP contribution in [0.15, 0.2) is 24.3 Å². The predicted octanol–water partition coefficient (Wildman–Crippen LogP) is 4.26. The summed E-state index contributed by atoms with van der Waals surface area (Å²) in [6.45, 7) is 4.00. The van der Waals surface area contributed by atoms with Gasteiger partial charge in [0.2, 0.25) is 0 Å². The van der Waals surface area contributed by atoms with Gasteiger partial charge in [-0.05, 0) is 67.3 Å². The summed E-state index contributed by atoms with van der Waals surface area (Å²) in [5, 5.41) is 20.5. The van der Waals surface area contributed by atoms with Gasteiger partial charge in [-0.2, -0.15) is 0 Å². The first kappa shape index (κ1) is 23.7. The van der Waals surface area contributed by atoms with Crippen molar-refractivity contribution >= 4 is 11.4 Å². The molecule has 0 radical (unpaired) electrons. The smallest absolute Gasteiger partial charge is 0.128 e. The monoisotopic (exact) mass is 454 g/mol. The van der Waals surface area contributed by atoms with Gasteiger partial charge in [-0.3, -0.25) is 0 Å². The number of anilines is 2. The topological polar surface area (TPSA) is 65.4 Å². The van der Waals surface area contributed by atoms with Gasteiger partial charge in [0, 0.05) is 61.7 Å². The van der Waals surface area contributed by atoms with Crippen LogP contribution in [0, 0.1) is 0 Å². The second-order valence-corrected chi connectivity index (χ2v) is 9.16. The van der Waals surface area contributed by atoms with Crippen LogP contribution in [-0.2, 0) is 19.6 Å². The molecule has 0 atom stereocenters. The van der Waals surface area contributed by atoms with E-state index in [0.717, 1.165) is 71.3 Å². The van der Waals surface area contributed by atoms with E-state index in [0.29, 0.717) is 6.42 Å². The molecule has 2 N–H and O–H groups in total. The number of aliphatic hydroxyl groups excluding tert-OH is 2. The van der Waals surface area contributed by atoms with E-state index in [9.17, 15) is 10.2 Å². The number of methoxy groups -OCH3 is 2. The van der Waals surface area contributed by atoms with Crippen molar-refractivity contribution in [1.82, 2.24) is 0 Å². The number of aliphatic hydroxyl groups is 2. The van der Waals surface area contributed by atoms with Crippen molar-refractivity contribution in [2.24, 2.45) is 0 Å². The molecule has 0 amide bonds. The van der Waals surface area contributed by atoms with Crippen LogP contribution < -0.4 is 19.3 Å². The van der Waals surface area contributed by atoms with Crippen LogP contribution in [0.25, 0.3) is 0 Å². The fourth-order valence-electron chi connectivity index (χ4n) is 5.28. The summed E-state index contributed by atoms with van der Waals surface area (Å²) < 4.78 is 11.6. The summed E-state index contributed by atoms with van der Waals surface area (Å²) in [6, 6.07) is 8.37. The van der Waals surface area contributed by atoms with E-state index in [1.54, 1.807) is 14.2 Å². The lowest BCUT2D eigenvalue weighted by atomic mass is 9.92. The highest BCUT2D eigenvalue weighted by molar-refractivity contribution is 5.63. The SMILES string of the molecule is COc1cc(N2CCCCC2)cc(OC)c1Cc1c(CO)cc(N2CCCCC2)cc1CO. The molecule has 2 saturated heterocycles. The molecule has 0 bridgehead atoms. The fraction of sp³-hybridized carbons (Fsp3) is 0.556. The third-order valence-corrected chi connectivity index (χ3v) is 7.15. The van der Waals surface area contributed by atoms with E-state index in [1.807, 2.05) is 0 Å². The number of nitrogens with zero attached hydrogens (tertiary/aromatic N) is 2. The Morgan fingerprint density at radius 3 is 1.45 bits per heavy atom. The average Bonchev–Trinajstić information content (AvgIpc) is 2.89. The maximum atomic E-state index is 10.2. The molecule has 0 unspecified atom stereocenters. The van der Waals surface area contributed by atoms with E-state index in [-0.39, 0.29) is 13.2 Å². The molecule has 6 nitrogen and oxygen atoms in total. The summed E-state index contributed by atoms with van der Waals surface area (Å²) in [7, 11) is 3.38. The van der Waals surface area contributed by atoms with Gasteiger partial charge < -0.3 is 29.5 Å². The minimum absolute atomic E-state index is 0.0689. The molecule has 2 aliphatic rings. The molecule has 0 saturated carbocycles. The van der Waals surface area contributed by atoms with Gasteiger partial charge in [0.05, 0.1) is 27.4 Å². The Morgan fingerprint density at radius 2 is 1.06 bits per heavy atom. The second kappa shape index (κ2) is 11.1. The van der Waals surface area contributed by atoms with Crippen molar-refractivity contribution in [2.75, 3.05) is 50.2 Å². The molecular weight excluding hydrogens is 416 g/mol. The molecule has 0 aliphatic carbocycles. The first-order valence-corrected chi connectivity index (χ1v) is 12.3. The van der Waals surface area contributed by atoms with Crippen molar-refractivity contribution in [2.45, 2.75) is 58.2 Å². The lowest BCUT2D eigenvalue weighted by Gasteiger charge is -2.31. The number of ether oxygens (including phenoxy) is 2. The van der Waals surface area contributed by atoms with Gasteiger partial charge in [0.1, 0.15) is 11.5 Å². The maximum absolute atomic E-state index is 10.2. The summed E-state index contributed by atoms with van der Waals surface area (Å²) in [6.07, 6.45) is 7.85. The second-order valence-electron chi connectivity index (χ2n) is 9.16. The zero-order chi connectivity index (χ0) is 23.2. The normalized spacial score (nSPS) is 16.7. The summed E-state index contributed by atoms with van der Waals surface area (Å²) >= 11 is 0.